The molecule has 2 aromatic carbocycles. The Balaban J connectivity index is 2.43. The van der Waals surface area contributed by atoms with Crippen molar-refractivity contribution in [3.05, 3.63) is 57.6 Å². The third kappa shape index (κ3) is 1.97. The Hall–Kier alpha value is -1.65. The Morgan fingerprint density at radius 1 is 1.26 bits per heavy atom. The van der Waals surface area contributed by atoms with Crippen molar-refractivity contribution in [1.29, 1.82) is 0 Å². The molecule has 0 amide bonds. The quantitative estimate of drug-likeness (QED) is 0.640. The van der Waals surface area contributed by atoms with E-state index >= 15 is 0 Å². The minimum atomic E-state index is -0.318. The lowest BCUT2D eigenvalue weighted by atomic mass is 10.2. The van der Waals surface area contributed by atoms with Gasteiger partial charge in [-0.25, -0.2) is 4.39 Å². The van der Waals surface area contributed by atoms with E-state index in [4.69, 9.17) is 23.8 Å². The predicted octanol–water partition coefficient (Wildman–Crippen LogP) is 4.79. The van der Waals surface area contributed by atoms with Crippen LogP contribution >= 0.6 is 23.8 Å². The minimum absolute atomic E-state index is 0.318. The van der Waals surface area contributed by atoms with Gasteiger partial charge < -0.3 is 4.98 Å². The molecule has 0 aliphatic heterocycles. The summed E-state index contributed by atoms with van der Waals surface area (Å²) >= 11 is 11.3. The molecule has 0 aliphatic carbocycles. The Bertz CT molecular complexity index is 835. The number of H-pyrrole nitrogens is 1. The monoisotopic (exact) mass is 292 g/mol. The molecular formula is C14H10ClFN2S. The molecule has 3 aromatic rings. The molecule has 19 heavy (non-hydrogen) atoms. The topological polar surface area (TPSA) is 20.7 Å². The third-order valence-electron chi connectivity index (χ3n) is 3.08. The molecule has 1 aromatic heterocycles. The smallest absolute Gasteiger partial charge is 0.182 e. The molecule has 0 radical (unpaired) electrons. The van der Waals surface area contributed by atoms with Crippen LogP contribution in [0.2, 0.25) is 5.02 Å². The van der Waals surface area contributed by atoms with Gasteiger partial charge in [0.2, 0.25) is 0 Å². The first-order valence-electron chi connectivity index (χ1n) is 5.73. The second kappa shape index (κ2) is 4.47. The number of aryl methyl sites for hydroxylation is 1. The van der Waals surface area contributed by atoms with Crippen LogP contribution < -0.4 is 0 Å². The average Bonchev–Trinajstić information content (AvgIpc) is 2.70. The molecule has 0 bridgehead atoms. The van der Waals surface area contributed by atoms with Crippen LogP contribution in [-0.4, -0.2) is 9.55 Å². The van der Waals surface area contributed by atoms with Crippen molar-refractivity contribution < 1.29 is 4.39 Å². The van der Waals surface area contributed by atoms with E-state index in [0.717, 1.165) is 11.3 Å². The molecule has 0 fully saturated rings. The van der Waals surface area contributed by atoms with E-state index in [1.165, 1.54) is 6.07 Å². The SMILES string of the molecule is Cc1ccc(Cl)cc1-n1c(=S)[nH]c2c(F)cccc21. The molecule has 96 valence electrons. The molecule has 0 unspecified atom stereocenters. The number of para-hydroxylation sites is 1. The van der Waals surface area contributed by atoms with Crippen LogP contribution in [0.4, 0.5) is 4.39 Å². The highest BCUT2D eigenvalue weighted by Crippen LogP contribution is 2.25. The first kappa shape index (κ1) is 12.4. The van der Waals surface area contributed by atoms with E-state index in [1.54, 1.807) is 10.6 Å². The first-order valence-corrected chi connectivity index (χ1v) is 6.52. The van der Waals surface area contributed by atoms with Crippen molar-refractivity contribution in [2.45, 2.75) is 6.92 Å². The maximum atomic E-state index is 13.8. The summed E-state index contributed by atoms with van der Waals surface area (Å²) in [5, 5.41) is 0.619. The average molecular weight is 293 g/mol. The molecule has 0 saturated heterocycles. The van der Waals surface area contributed by atoms with Crippen molar-refractivity contribution in [2.24, 2.45) is 0 Å². The molecular weight excluding hydrogens is 283 g/mol. The van der Waals surface area contributed by atoms with Gasteiger partial charge in [-0.15, -0.1) is 0 Å². The van der Waals surface area contributed by atoms with Crippen LogP contribution in [0.3, 0.4) is 0 Å². The van der Waals surface area contributed by atoms with Gasteiger partial charge in [-0.05, 0) is 49.0 Å². The number of halogens is 2. The number of imidazole rings is 1. The van der Waals surface area contributed by atoms with Gasteiger partial charge in [-0.3, -0.25) is 4.57 Å². The summed E-state index contributed by atoms with van der Waals surface area (Å²) in [5.74, 6) is -0.318. The summed E-state index contributed by atoms with van der Waals surface area (Å²) in [7, 11) is 0. The van der Waals surface area contributed by atoms with Crippen LogP contribution in [0.15, 0.2) is 36.4 Å². The summed E-state index contributed by atoms with van der Waals surface area (Å²) in [4.78, 5) is 2.90. The van der Waals surface area contributed by atoms with E-state index in [-0.39, 0.29) is 5.82 Å². The molecule has 0 aliphatic rings. The van der Waals surface area contributed by atoms with Crippen molar-refractivity contribution >= 4 is 34.9 Å². The van der Waals surface area contributed by atoms with Crippen LogP contribution in [0, 0.1) is 17.5 Å². The molecule has 1 N–H and O–H groups in total. The number of aromatic amines is 1. The lowest BCUT2D eigenvalue weighted by Gasteiger charge is -2.08. The van der Waals surface area contributed by atoms with Crippen molar-refractivity contribution in [3.63, 3.8) is 0 Å². The number of benzene rings is 2. The maximum absolute atomic E-state index is 13.8. The fraction of sp³-hybridized carbons (Fsp3) is 0.0714. The van der Waals surface area contributed by atoms with Crippen molar-refractivity contribution in [2.75, 3.05) is 0 Å². The molecule has 5 heteroatoms. The predicted molar refractivity (Wildman–Crippen MR) is 78.2 cm³/mol. The van der Waals surface area contributed by atoms with Gasteiger partial charge in [-0.2, -0.15) is 0 Å². The largest absolute Gasteiger partial charge is 0.328 e. The lowest BCUT2D eigenvalue weighted by Crippen LogP contribution is -1.97. The van der Waals surface area contributed by atoms with Gasteiger partial charge in [0.25, 0.3) is 0 Å². The molecule has 3 rings (SSSR count). The van der Waals surface area contributed by atoms with E-state index in [0.29, 0.717) is 20.8 Å². The summed E-state index contributed by atoms with van der Waals surface area (Å²) in [5.41, 5.74) is 2.99. The summed E-state index contributed by atoms with van der Waals surface area (Å²) in [6.07, 6.45) is 0. The fourth-order valence-electron chi connectivity index (χ4n) is 2.16. The van der Waals surface area contributed by atoms with Crippen LogP contribution in [-0.2, 0) is 0 Å². The zero-order chi connectivity index (χ0) is 13.6. The highest BCUT2D eigenvalue weighted by Gasteiger charge is 2.11. The van der Waals surface area contributed by atoms with E-state index in [9.17, 15) is 4.39 Å². The number of fused-ring (bicyclic) bond motifs is 1. The highest BCUT2D eigenvalue weighted by atomic mass is 35.5. The first-order chi connectivity index (χ1) is 9.08. The standard InChI is InChI=1S/C14H10ClFN2S/c1-8-5-6-9(15)7-12(8)18-11-4-2-3-10(16)13(11)17-14(18)19/h2-7H,1H3,(H,17,19). The lowest BCUT2D eigenvalue weighted by molar-refractivity contribution is 0.637. The van der Waals surface area contributed by atoms with Crippen molar-refractivity contribution in [3.8, 4) is 5.69 Å². The number of aromatic nitrogens is 2. The number of nitrogens with zero attached hydrogens (tertiary/aromatic N) is 1. The molecule has 0 atom stereocenters. The minimum Gasteiger partial charge on any atom is -0.328 e. The Morgan fingerprint density at radius 3 is 2.84 bits per heavy atom. The van der Waals surface area contributed by atoms with Crippen molar-refractivity contribution in [1.82, 2.24) is 9.55 Å². The van der Waals surface area contributed by atoms with Crippen LogP contribution in [0.25, 0.3) is 16.7 Å². The number of hydrogen-bond donors (Lipinski definition) is 1. The molecule has 2 nitrogen and oxygen atoms in total. The zero-order valence-electron chi connectivity index (χ0n) is 10.1. The summed E-state index contributed by atoms with van der Waals surface area (Å²) in [6, 6.07) is 10.5. The van der Waals surface area contributed by atoms with Gasteiger partial charge in [0.1, 0.15) is 11.3 Å². The van der Waals surface area contributed by atoms with E-state index < -0.39 is 0 Å². The molecule has 0 saturated carbocycles. The summed E-state index contributed by atoms with van der Waals surface area (Å²) in [6.45, 7) is 1.96. The Morgan fingerprint density at radius 2 is 2.05 bits per heavy atom. The molecule has 1 heterocycles. The summed E-state index contributed by atoms with van der Waals surface area (Å²) < 4.78 is 16.0. The number of hydrogen-bond acceptors (Lipinski definition) is 1. The van der Waals surface area contributed by atoms with Crippen LogP contribution in [0.1, 0.15) is 5.56 Å². The number of nitrogens with one attached hydrogen (secondary N) is 1. The Labute approximate surface area is 119 Å². The van der Waals surface area contributed by atoms with Gasteiger partial charge in [0.15, 0.2) is 4.77 Å². The van der Waals surface area contributed by atoms with Gasteiger partial charge in [-0.1, -0.05) is 23.7 Å². The number of rotatable bonds is 1. The third-order valence-corrected chi connectivity index (χ3v) is 3.60. The normalized spacial score (nSPS) is 11.1. The highest BCUT2D eigenvalue weighted by molar-refractivity contribution is 7.71. The van der Waals surface area contributed by atoms with Gasteiger partial charge >= 0.3 is 0 Å². The van der Waals surface area contributed by atoms with Gasteiger partial charge in [0.05, 0.1) is 11.2 Å². The van der Waals surface area contributed by atoms with E-state index in [2.05, 4.69) is 4.98 Å². The second-order valence-corrected chi connectivity index (χ2v) is 5.15. The maximum Gasteiger partial charge on any atom is 0.182 e. The fourth-order valence-corrected chi connectivity index (χ4v) is 2.62. The second-order valence-electron chi connectivity index (χ2n) is 4.33. The molecule has 0 spiro atoms. The van der Waals surface area contributed by atoms with Crippen LogP contribution in [0.5, 0.6) is 0 Å². The Kier molecular flexibility index (Phi) is 2.92. The zero-order valence-corrected chi connectivity index (χ0v) is 11.6. The van der Waals surface area contributed by atoms with E-state index in [1.807, 2.05) is 31.2 Å². The van der Waals surface area contributed by atoms with Gasteiger partial charge in [0, 0.05) is 5.02 Å².